The molecule has 0 saturated carbocycles. The molecule has 2 fully saturated rings. The maximum absolute atomic E-state index is 12.6. The van der Waals surface area contributed by atoms with E-state index in [-0.39, 0.29) is 17.7 Å². The average molecular weight is 409 g/mol. The fraction of sp³-hybridized carbons (Fsp3) is 0.565. The molecular weight excluding hydrogens is 376 g/mol. The molecule has 160 valence electrons. The van der Waals surface area contributed by atoms with Crippen molar-refractivity contribution < 1.29 is 4.79 Å². The lowest BCUT2D eigenvalue weighted by Gasteiger charge is -2.35. The fourth-order valence-electron chi connectivity index (χ4n) is 4.37. The third-order valence-corrected chi connectivity index (χ3v) is 6.20. The minimum atomic E-state index is 0.0229. The summed E-state index contributed by atoms with van der Waals surface area (Å²) in [6, 6.07) is 4.02. The van der Waals surface area contributed by atoms with Crippen LogP contribution in [0.5, 0.6) is 0 Å². The Hall–Kier alpha value is -2.54. The summed E-state index contributed by atoms with van der Waals surface area (Å²) in [4.78, 5) is 33.3. The third kappa shape index (κ3) is 4.46. The molecule has 30 heavy (non-hydrogen) atoms. The molecule has 4 rings (SSSR count). The molecule has 1 atom stereocenters. The molecule has 1 amide bonds. The van der Waals surface area contributed by atoms with Gasteiger partial charge in [0.2, 0.25) is 11.9 Å². The van der Waals surface area contributed by atoms with Gasteiger partial charge in [0.25, 0.3) is 0 Å². The van der Waals surface area contributed by atoms with Crippen LogP contribution in [0.25, 0.3) is 11.1 Å². The van der Waals surface area contributed by atoms with Crippen LogP contribution in [0.15, 0.2) is 30.7 Å². The first-order valence-electron chi connectivity index (χ1n) is 11.0. The summed E-state index contributed by atoms with van der Waals surface area (Å²) in [6.45, 7) is 9.44. The van der Waals surface area contributed by atoms with E-state index in [2.05, 4.69) is 21.8 Å². The summed E-state index contributed by atoms with van der Waals surface area (Å²) in [5.41, 5.74) is 3.20. The summed E-state index contributed by atoms with van der Waals surface area (Å²) in [7, 11) is 2.15. The van der Waals surface area contributed by atoms with E-state index in [1.165, 1.54) is 0 Å². The number of piperazine rings is 1. The zero-order valence-corrected chi connectivity index (χ0v) is 18.3. The van der Waals surface area contributed by atoms with Gasteiger partial charge in [0.15, 0.2) is 0 Å². The third-order valence-electron chi connectivity index (χ3n) is 6.20. The molecular formula is C23H32N6O. The van der Waals surface area contributed by atoms with Crippen molar-refractivity contribution in [3.63, 3.8) is 0 Å². The Morgan fingerprint density at radius 2 is 1.83 bits per heavy atom. The van der Waals surface area contributed by atoms with E-state index in [4.69, 9.17) is 9.97 Å². The smallest absolute Gasteiger partial charge is 0.225 e. The highest BCUT2D eigenvalue weighted by molar-refractivity contribution is 5.78. The quantitative estimate of drug-likeness (QED) is 0.775. The minimum Gasteiger partial charge on any atom is -0.342 e. The Morgan fingerprint density at radius 1 is 1.10 bits per heavy atom. The Bertz CT molecular complexity index is 863. The highest BCUT2D eigenvalue weighted by Crippen LogP contribution is 2.34. The van der Waals surface area contributed by atoms with Crippen molar-refractivity contribution in [1.29, 1.82) is 0 Å². The SMILES string of the molecule is CC(C)C(=O)N1CCC[C@H](c2nc(N3CCN(C)CC3)ncc2-c2ccncc2)C1. The number of aromatic nitrogens is 3. The predicted molar refractivity (Wildman–Crippen MR) is 118 cm³/mol. The van der Waals surface area contributed by atoms with Crippen molar-refractivity contribution in [2.75, 3.05) is 51.2 Å². The maximum atomic E-state index is 12.6. The van der Waals surface area contributed by atoms with E-state index >= 15 is 0 Å². The molecule has 0 N–H and O–H groups in total. The number of carbonyl (C=O) groups is 1. The predicted octanol–water partition coefficient (Wildman–Crippen LogP) is 2.65. The topological polar surface area (TPSA) is 65.5 Å². The molecule has 2 aromatic rings. The normalized spacial score (nSPS) is 20.6. The monoisotopic (exact) mass is 408 g/mol. The molecule has 0 radical (unpaired) electrons. The van der Waals surface area contributed by atoms with Gasteiger partial charge in [-0.05, 0) is 37.6 Å². The van der Waals surface area contributed by atoms with Crippen LogP contribution in [0, 0.1) is 5.92 Å². The second-order valence-corrected chi connectivity index (χ2v) is 8.77. The summed E-state index contributed by atoms with van der Waals surface area (Å²) in [6.07, 6.45) is 7.63. The van der Waals surface area contributed by atoms with E-state index in [9.17, 15) is 4.79 Å². The first-order chi connectivity index (χ1) is 14.5. The first-order valence-corrected chi connectivity index (χ1v) is 11.0. The minimum absolute atomic E-state index is 0.0229. The second-order valence-electron chi connectivity index (χ2n) is 8.77. The number of piperidine rings is 1. The summed E-state index contributed by atoms with van der Waals surface area (Å²) in [5.74, 6) is 1.29. The zero-order chi connectivity index (χ0) is 21.1. The molecule has 2 saturated heterocycles. The van der Waals surface area contributed by atoms with Gasteiger partial charge < -0.3 is 14.7 Å². The number of likely N-dealkylation sites (tertiary alicyclic amines) is 1. The van der Waals surface area contributed by atoms with Crippen LogP contribution >= 0.6 is 0 Å². The van der Waals surface area contributed by atoms with E-state index in [1.807, 2.05) is 49.5 Å². The summed E-state index contributed by atoms with van der Waals surface area (Å²) >= 11 is 0. The number of pyridine rings is 1. The Morgan fingerprint density at radius 3 is 2.53 bits per heavy atom. The Kier molecular flexibility index (Phi) is 6.27. The molecule has 7 nitrogen and oxygen atoms in total. The van der Waals surface area contributed by atoms with E-state index < -0.39 is 0 Å². The van der Waals surface area contributed by atoms with E-state index in [0.29, 0.717) is 0 Å². The molecule has 0 spiro atoms. The number of carbonyl (C=O) groups excluding carboxylic acids is 1. The van der Waals surface area contributed by atoms with Gasteiger partial charge in [-0.1, -0.05) is 13.8 Å². The standard InChI is InChI=1S/C23H32N6O/c1-17(2)22(30)29-10-4-5-19(16-29)21-20(18-6-8-24-9-7-18)15-25-23(26-21)28-13-11-27(3)12-14-28/h6-9,15,17,19H,4-5,10-14,16H2,1-3H3/t19-/m0/s1. The molecule has 7 heteroatoms. The van der Waals surface area contributed by atoms with Crippen LogP contribution in [0.1, 0.15) is 38.3 Å². The number of rotatable bonds is 4. The first kappa shape index (κ1) is 20.7. The zero-order valence-electron chi connectivity index (χ0n) is 18.3. The maximum Gasteiger partial charge on any atom is 0.225 e. The highest BCUT2D eigenvalue weighted by atomic mass is 16.2. The molecule has 0 aliphatic carbocycles. The van der Waals surface area contributed by atoms with Crippen molar-refractivity contribution in [2.45, 2.75) is 32.6 Å². The molecule has 0 bridgehead atoms. The van der Waals surface area contributed by atoms with Crippen molar-refractivity contribution in [1.82, 2.24) is 24.8 Å². The van der Waals surface area contributed by atoms with E-state index in [0.717, 1.165) is 74.9 Å². The molecule has 2 aliphatic heterocycles. The van der Waals surface area contributed by atoms with Gasteiger partial charge in [0.1, 0.15) is 0 Å². The Balaban J connectivity index is 1.67. The lowest BCUT2D eigenvalue weighted by molar-refractivity contribution is -0.135. The van der Waals surface area contributed by atoms with Crippen LogP contribution in [-0.2, 0) is 4.79 Å². The number of likely N-dealkylation sites (N-methyl/N-ethyl adjacent to an activating group) is 1. The number of amides is 1. The molecule has 0 unspecified atom stereocenters. The highest BCUT2D eigenvalue weighted by Gasteiger charge is 2.29. The lowest BCUT2D eigenvalue weighted by Crippen LogP contribution is -2.45. The van der Waals surface area contributed by atoms with Gasteiger partial charge in [-0.2, -0.15) is 0 Å². The van der Waals surface area contributed by atoms with Crippen molar-refractivity contribution in [2.24, 2.45) is 5.92 Å². The van der Waals surface area contributed by atoms with Crippen molar-refractivity contribution in [3.05, 3.63) is 36.4 Å². The van der Waals surface area contributed by atoms with Crippen LogP contribution in [0.3, 0.4) is 0 Å². The fourth-order valence-corrected chi connectivity index (χ4v) is 4.37. The molecule has 2 aromatic heterocycles. The van der Waals surface area contributed by atoms with Gasteiger partial charge in [-0.15, -0.1) is 0 Å². The van der Waals surface area contributed by atoms with Gasteiger partial charge in [-0.25, -0.2) is 9.97 Å². The summed E-state index contributed by atoms with van der Waals surface area (Å²) < 4.78 is 0. The number of hydrogen-bond acceptors (Lipinski definition) is 6. The molecule has 0 aromatic carbocycles. The van der Waals surface area contributed by atoms with Crippen LogP contribution in [0.4, 0.5) is 5.95 Å². The lowest BCUT2D eigenvalue weighted by atomic mass is 9.89. The van der Waals surface area contributed by atoms with Crippen molar-refractivity contribution >= 4 is 11.9 Å². The van der Waals surface area contributed by atoms with Crippen LogP contribution in [-0.4, -0.2) is 77.0 Å². The van der Waals surface area contributed by atoms with Crippen LogP contribution in [0.2, 0.25) is 0 Å². The number of anilines is 1. The largest absolute Gasteiger partial charge is 0.342 e. The van der Waals surface area contributed by atoms with E-state index in [1.54, 1.807) is 0 Å². The van der Waals surface area contributed by atoms with Crippen molar-refractivity contribution in [3.8, 4) is 11.1 Å². The van der Waals surface area contributed by atoms with Gasteiger partial charge in [-0.3, -0.25) is 9.78 Å². The van der Waals surface area contributed by atoms with Crippen LogP contribution < -0.4 is 4.90 Å². The van der Waals surface area contributed by atoms with Gasteiger partial charge in [0, 0.05) is 75.3 Å². The molecule has 4 heterocycles. The second kappa shape index (κ2) is 9.08. The van der Waals surface area contributed by atoms with Gasteiger partial charge in [0.05, 0.1) is 5.69 Å². The number of hydrogen-bond donors (Lipinski definition) is 0. The summed E-state index contributed by atoms with van der Waals surface area (Å²) in [5, 5.41) is 0. The van der Waals surface area contributed by atoms with Gasteiger partial charge >= 0.3 is 0 Å². The average Bonchev–Trinajstić information content (AvgIpc) is 2.79. The number of nitrogens with zero attached hydrogens (tertiary/aromatic N) is 6. The molecule has 2 aliphatic rings. The Labute approximate surface area is 179 Å².